The van der Waals surface area contributed by atoms with Crippen molar-refractivity contribution in [3.63, 3.8) is 0 Å². The molecule has 0 radical (unpaired) electrons. The summed E-state index contributed by atoms with van der Waals surface area (Å²) in [4.78, 5) is 15.6. The maximum Gasteiger partial charge on any atom is 0.160 e. The van der Waals surface area contributed by atoms with Crippen LogP contribution in [-0.2, 0) is 0 Å². The van der Waals surface area contributed by atoms with E-state index in [4.69, 9.17) is 15.0 Å². The van der Waals surface area contributed by atoms with Gasteiger partial charge in [0.25, 0.3) is 0 Å². The quantitative estimate of drug-likeness (QED) is 0.174. The lowest BCUT2D eigenvalue weighted by Gasteiger charge is -2.13. The maximum absolute atomic E-state index is 5.40. The predicted molar refractivity (Wildman–Crippen MR) is 223 cm³/mol. The Balaban J connectivity index is 1.10. The van der Waals surface area contributed by atoms with Gasteiger partial charge in [-0.05, 0) is 40.5 Å². The van der Waals surface area contributed by atoms with Crippen molar-refractivity contribution in [3.05, 3.63) is 188 Å². The van der Waals surface area contributed by atoms with Crippen molar-refractivity contribution in [1.29, 1.82) is 0 Å². The van der Waals surface area contributed by atoms with Crippen LogP contribution in [0, 0.1) is 0 Å². The number of fused-ring (bicyclic) bond motifs is 5. The summed E-state index contributed by atoms with van der Waals surface area (Å²) >= 11 is 1.85. The van der Waals surface area contributed by atoms with Gasteiger partial charge in [0.1, 0.15) is 0 Å². The van der Waals surface area contributed by atoms with Crippen molar-refractivity contribution in [3.8, 4) is 67.4 Å². The Bertz CT molecular complexity index is 2900. The maximum atomic E-state index is 5.40. The standard InChI is InChI=1S/C49H31N3S/c1-4-13-32(14-5-1)33-23-29-38(30-24-33)49-51-42(35-17-8-3-9-18-35)31-43(52-49)36-25-27-37(28-26-36)47-46-40-19-10-11-22-44(40)53-48(46)45-39(20-12-21-41(45)50-47)34-15-6-2-7-16-34/h1-31H. The number of thiophene rings is 1. The van der Waals surface area contributed by atoms with Crippen LogP contribution in [0.3, 0.4) is 0 Å². The number of benzene rings is 7. The minimum absolute atomic E-state index is 0.696. The second-order valence-corrected chi connectivity index (χ2v) is 14.2. The van der Waals surface area contributed by atoms with Crippen LogP contribution < -0.4 is 0 Å². The van der Waals surface area contributed by atoms with Crippen molar-refractivity contribution in [2.75, 3.05) is 0 Å². The van der Waals surface area contributed by atoms with Crippen LogP contribution in [0.25, 0.3) is 98.5 Å². The van der Waals surface area contributed by atoms with Crippen molar-refractivity contribution >= 4 is 42.4 Å². The molecule has 3 nitrogen and oxygen atoms in total. The van der Waals surface area contributed by atoms with Crippen LogP contribution in [0.4, 0.5) is 0 Å². The van der Waals surface area contributed by atoms with Gasteiger partial charge in [0.15, 0.2) is 5.82 Å². The lowest BCUT2D eigenvalue weighted by molar-refractivity contribution is 1.18. The van der Waals surface area contributed by atoms with Crippen LogP contribution in [0.5, 0.6) is 0 Å². The van der Waals surface area contributed by atoms with Gasteiger partial charge in [0, 0.05) is 47.8 Å². The minimum Gasteiger partial charge on any atom is -0.247 e. The van der Waals surface area contributed by atoms with E-state index in [0.29, 0.717) is 5.82 Å². The summed E-state index contributed by atoms with van der Waals surface area (Å²) in [7, 11) is 0. The molecule has 53 heavy (non-hydrogen) atoms. The molecule has 248 valence electrons. The lowest BCUT2D eigenvalue weighted by Crippen LogP contribution is -1.96. The van der Waals surface area contributed by atoms with E-state index >= 15 is 0 Å². The zero-order valence-electron chi connectivity index (χ0n) is 28.6. The first kappa shape index (κ1) is 31.0. The van der Waals surface area contributed by atoms with Gasteiger partial charge in [-0.1, -0.05) is 170 Å². The number of pyridine rings is 1. The van der Waals surface area contributed by atoms with Gasteiger partial charge in [-0.15, -0.1) is 11.3 Å². The smallest absolute Gasteiger partial charge is 0.160 e. The first-order chi connectivity index (χ1) is 26.3. The number of rotatable bonds is 6. The fourth-order valence-electron chi connectivity index (χ4n) is 7.29. The number of hydrogen-bond acceptors (Lipinski definition) is 4. The molecule has 0 amide bonds. The fraction of sp³-hybridized carbons (Fsp3) is 0. The van der Waals surface area contributed by atoms with Crippen molar-refractivity contribution in [1.82, 2.24) is 15.0 Å². The third kappa shape index (κ3) is 5.66. The first-order valence-electron chi connectivity index (χ1n) is 17.8. The Kier molecular flexibility index (Phi) is 7.67. The summed E-state index contributed by atoms with van der Waals surface area (Å²) in [6, 6.07) is 65.9. The number of nitrogens with zero attached hydrogens (tertiary/aromatic N) is 3. The molecule has 0 fully saturated rings. The average Bonchev–Trinajstić information content (AvgIpc) is 3.64. The summed E-state index contributed by atoms with van der Waals surface area (Å²) < 4.78 is 2.53. The molecule has 0 atom stereocenters. The zero-order chi connectivity index (χ0) is 35.1. The fourth-order valence-corrected chi connectivity index (χ4v) is 8.57. The topological polar surface area (TPSA) is 38.7 Å². The molecule has 10 rings (SSSR count). The highest BCUT2D eigenvalue weighted by atomic mass is 32.1. The van der Waals surface area contributed by atoms with E-state index in [1.54, 1.807) is 0 Å². The van der Waals surface area contributed by atoms with E-state index in [9.17, 15) is 0 Å². The molecule has 0 N–H and O–H groups in total. The molecule has 0 saturated heterocycles. The molecule has 0 aliphatic carbocycles. The van der Waals surface area contributed by atoms with Gasteiger partial charge in [0.05, 0.1) is 22.6 Å². The average molecular weight is 694 g/mol. The predicted octanol–water partition coefficient (Wildman–Crippen LogP) is 13.4. The van der Waals surface area contributed by atoms with Crippen LogP contribution >= 0.6 is 11.3 Å². The van der Waals surface area contributed by atoms with Gasteiger partial charge in [0.2, 0.25) is 0 Å². The van der Waals surface area contributed by atoms with E-state index in [-0.39, 0.29) is 0 Å². The van der Waals surface area contributed by atoms with E-state index in [1.165, 1.54) is 42.2 Å². The van der Waals surface area contributed by atoms with Gasteiger partial charge in [-0.2, -0.15) is 0 Å². The molecular formula is C49H31N3S. The third-order valence-electron chi connectivity index (χ3n) is 9.92. The molecule has 7 aromatic carbocycles. The molecule has 0 spiro atoms. The summed E-state index contributed by atoms with van der Waals surface area (Å²) in [6.07, 6.45) is 0. The number of hydrogen-bond donors (Lipinski definition) is 0. The second-order valence-electron chi connectivity index (χ2n) is 13.2. The van der Waals surface area contributed by atoms with E-state index in [2.05, 4.69) is 176 Å². The summed E-state index contributed by atoms with van der Waals surface area (Å²) in [5.74, 6) is 0.696. The Labute approximate surface area is 311 Å². The molecule has 0 unspecified atom stereocenters. The Morgan fingerprint density at radius 2 is 0.887 bits per heavy atom. The van der Waals surface area contributed by atoms with Gasteiger partial charge < -0.3 is 0 Å². The van der Waals surface area contributed by atoms with Crippen LogP contribution in [-0.4, -0.2) is 15.0 Å². The lowest BCUT2D eigenvalue weighted by atomic mass is 9.96. The van der Waals surface area contributed by atoms with Gasteiger partial charge in [-0.25, -0.2) is 15.0 Å². The minimum atomic E-state index is 0.696. The summed E-state index contributed by atoms with van der Waals surface area (Å²) in [5, 5.41) is 3.63. The molecular weight excluding hydrogens is 663 g/mol. The normalized spacial score (nSPS) is 11.4. The molecule has 0 saturated carbocycles. The van der Waals surface area contributed by atoms with E-state index < -0.39 is 0 Å². The molecule has 4 heteroatoms. The van der Waals surface area contributed by atoms with E-state index in [1.807, 2.05) is 23.5 Å². The van der Waals surface area contributed by atoms with Crippen molar-refractivity contribution in [2.24, 2.45) is 0 Å². The second kappa shape index (κ2) is 13.1. The summed E-state index contributed by atoms with van der Waals surface area (Å²) in [5.41, 5.74) is 12.6. The Hall–Kier alpha value is -6.75. The highest BCUT2D eigenvalue weighted by molar-refractivity contribution is 7.26. The molecule has 0 aliphatic heterocycles. The van der Waals surface area contributed by atoms with Gasteiger partial charge >= 0.3 is 0 Å². The van der Waals surface area contributed by atoms with Crippen LogP contribution in [0.15, 0.2) is 188 Å². The molecule has 0 bridgehead atoms. The van der Waals surface area contributed by atoms with Gasteiger partial charge in [-0.3, -0.25) is 0 Å². The number of aromatic nitrogens is 3. The Morgan fingerprint density at radius 1 is 0.358 bits per heavy atom. The molecule has 3 aromatic heterocycles. The summed E-state index contributed by atoms with van der Waals surface area (Å²) in [6.45, 7) is 0. The highest BCUT2D eigenvalue weighted by Crippen LogP contribution is 2.45. The molecule has 3 heterocycles. The first-order valence-corrected chi connectivity index (χ1v) is 18.6. The van der Waals surface area contributed by atoms with E-state index in [0.717, 1.165) is 50.4 Å². The zero-order valence-corrected chi connectivity index (χ0v) is 29.5. The Morgan fingerprint density at radius 3 is 1.58 bits per heavy atom. The third-order valence-corrected chi connectivity index (χ3v) is 11.1. The molecule has 10 aromatic rings. The SMILES string of the molecule is c1ccc(-c2ccc(-c3nc(-c4ccccc4)cc(-c4ccc(-c5nc6cccc(-c7ccccc7)c6c6sc7ccccc7c56)cc4)n3)cc2)cc1. The van der Waals surface area contributed by atoms with Crippen LogP contribution in [0.1, 0.15) is 0 Å². The van der Waals surface area contributed by atoms with Crippen LogP contribution in [0.2, 0.25) is 0 Å². The van der Waals surface area contributed by atoms with Crippen molar-refractivity contribution < 1.29 is 0 Å². The molecule has 0 aliphatic rings. The van der Waals surface area contributed by atoms with Crippen molar-refractivity contribution in [2.45, 2.75) is 0 Å². The largest absolute Gasteiger partial charge is 0.247 e. The monoisotopic (exact) mass is 693 g/mol. The highest BCUT2D eigenvalue weighted by Gasteiger charge is 2.19.